The molecule has 5 nitrogen and oxygen atoms in total. The van der Waals surface area contributed by atoms with Crippen molar-refractivity contribution in [1.29, 1.82) is 0 Å². The van der Waals surface area contributed by atoms with E-state index >= 15 is 0 Å². The van der Waals surface area contributed by atoms with E-state index in [4.69, 9.17) is 5.11 Å². The van der Waals surface area contributed by atoms with Crippen LogP contribution in [0, 0.1) is 5.82 Å². The first-order chi connectivity index (χ1) is 7.50. The number of aromatic hydroxyl groups is 1. The van der Waals surface area contributed by atoms with E-state index in [9.17, 15) is 19.1 Å². The van der Waals surface area contributed by atoms with Gasteiger partial charge in [-0.05, 0) is 12.1 Å². The van der Waals surface area contributed by atoms with Crippen LogP contribution in [0.4, 0.5) is 4.39 Å². The first-order valence-electron chi connectivity index (χ1n) is 4.49. The monoisotopic (exact) mass is 227 g/mol. The molecule has 0 aromatic heterocycles. The van der Waals surface area contributed by atoms with Crippen molar-refractivity contribution in [3.05, 3.63) is 29.6 Å². The smallest absolute Gasteiger partial charge is 0.305 e. The fourth-order valence-electron chi connectivity index (χ4n) is 1.07. The largest absolute Gasteiger partial charge is 0.507 e. The average molecular weight is 227 g/mol. The molecule has 3 N–H and O–H groups in total. The summed E-state index contributed by atoms with van der Waals surface area (Å²) in [6.45, 7) is -0.0506. The summed E-state index contributed by atoms with van der Waals surface area (Å²) >= 11 is 0. The summed E-state index contributed by atoms with van der Waals surface area (Å²) < 4.78 is 12.6. The minimum absolute atomic E-state index is 0.0506. The van der Waals surface area contributed by atoms with E-state index in [-0.39, 0.29) is 18.5 Å². The molecular formula is C10H10FNO4. The Morgan fingerprint density at radius 2 is 2.06 bits per heavy atom. The number of hydrogen-bond donors (Lipinski definition) is 3. The van der Waals surface area contributed by atoms with Crippen LogP contribution in [-0.4, -0.2) is 28.6 Å². The zero-order chi connectivity index (χ0) is 12.1. The van der Waals surface area contributed by atoms with Crippen molar-refractivity contribution < 1.29 is 24.2 Å². The molecule has 0 spiro atoms. The molecule has 0 aliphatic carbocycles. The molecule has 0 saturated carbocycles. The zero-order valence-electron chi connectivity index (χ0n) is 8.24. The van der Waals surface area contributed by atoms with Gasteiger partial charge in [-0.2, -0.15) is 0 Å². The highest BCUT2D eigenvalue weighted by atomic mass is 19.1. The third-order valence-corrected chi connectivity index (χ3v) is 1.83. The van der Waals surface area contributed by atoms with E-state index in [1.54, 1.807) is 0 Å². The van der Waals surface area contributed by atoms with E-state index in [2.05, 4.69) is 5.32 Å². The summed E-state index contributed by atoms with van der Waals surface area (Å²) in [6.07, 6.45) is -0.215. The lowest BCUT2D eigenvalue weighted by Gasteiger charge is -2.05. The Kier molecular flexibility index (Phi) is 3.82. The quantitative estimate of drug-likeness (QED) is 0.707. The zero-order valence-corrected chi connectivity index (χ0v) is 8.24. The summed E-state index contributed by atoms with van der Waals surface area (Å²) in [6, 6.07) is 2.97. The molecule has 0 unspecified atom stereocenters. The first kappa shape index (κ1) is 12.0. The van der Waals surface area contributed by atoms with Crippen LogP contribution < -0.4 is 5.32 Å². The van der Waals surface area contributed by atoms with Gasteiger partial charge in [0.05, 0.1) is 12.0 Å². The normalized spacial score (nSPS) is 9.81. The number of halogens is 1. The van der Waals surface area contributed by atoms with Crippen molar-refractivity contribution in [2.24, 2.45) is 0 Å². The number of nitrogens with one attached hydrogen (secondary N) is 1. The average Bonchev–Trinajstić information content (AvgIpc) is 2.16. The van der Waals surface area contributed by atoms with Crippen molar-refractivity contribution in [1.82, 2.24) is 5.32 Å². The van der Waals surface area contributed by atoms with E-state index in [1.807, 2.05) is 0 Å². The van der Waals surface area contributed by atoms with Gasteiger partial charge in [-0.3, -0.25) is 9.59 Å². The molecule has 0 bridgehead atoms. The number of carboxylic acid groups (broad SMARTS) is 1. The molecule has 1 aromatic carbocycles. The highest BCUT2D eigenvalue weighted by Crippen LogP contribution is 2.17. The molecule has 86 valence electrons. The summed E-state index contributed by atoms with van der Waals surface area (Å²) in [4.78, 5) is 21.6. The van der Waals surface area contributed by atoms with Crippen molar-refractivity contribution in [2.45, 2.75) is 6.42 Å². The summed E-state index contributed by atoms with van der Waals surface area (Å²) in [5.74, 6) is -2.81. The number of hydrogen-bond acceptors (Lipinski definition) is 3. The lowest BCUT2D eigenvalue weighted by atomic mass is 10.2. The highest BCUT2D eigenvalue weighted by Gasteiger charge is 2.11. The molecule has 0 heterocycles. The molecule has 6 heteroatoms. The van der Waals surface area contributed by atoms with Gasteiger partial charge in [0.15, 0.2) is 0 Å². The van der Waals surface area contributed by atoms with E-state index < -0.39 is 23.4 Å². The van der Waals surface area contributed by atoms with Crippen LogP contribution in [0.3, 0.4) is 0 Å². The molecule has 0 radical (unpaired) electrons. The Morgan fingerprint density at radius 3 is 2.62 bits per heavy atom. The number of carboxylic acids is 1. The molecule has 0 aliphatic heterocycles. The first-order valence-corrected chi connectivity index (χ1v) is 4.49. The summed E-state index contributed by atoms with van der Waals surface area (Å²) in [5, 5.41) is 19.9. The molecule has 1 rings (SSSR count). The molecule has 1 amide bonds. The molecule has 16 heavy (non-hydrogen) atoms. The van der Waals surface area contributed by atoms with Gasteiger partial charge in [0.25, 0.3) is 5.91 Å². The Labute approximate surface area is 90.5 Å². The number of rotatable bonds is 4. The third kappa shape index (κ3) is 3.23. The summed E-state index contributed by atoms with van der Waals surface area (Å²) in [5.41, 5.74) is -0.0909. The molecular weight excluding hydrogens is 217 g/mol. The number of phenolic OH excluding ortho intramolecular Hbond substituents is 1. The number of aliphatic carboxylic acids is 1. The minimum atomic E-state index is -1.04. The number of carbonyl (C=O) groups excluding carboxylic acids is 1. The maximum Gasteiger partial charge on any atom is 0.305 e. The predicted octanol–water partition coefficient (Wildman–Crippen LogP) is 0.736. The van der Waals surface area contributed by atoms with Crippen LogP contribution in [0.5, 0.6) is 5.75 Å². The molecule has 0 fully saturated rings. The Morgan fingerprint density at radius 1 is 1.38 bits per heavy atom. The van der Waals surface area contributed by atoms with E-state index in [1.165, 1.54) is 0 Å². The SMILES string of the molecule is O=C(O)CCNC(=O)c1ccc(F)cc1O. The van der Waals surface area contributed by atoms with Gasteiger partial charge in [0.1, 0.15) is 11.6 Å². The van der Waals surface area contributed by atoms with Gasteiger partial charge < -0.3 is 15.5 Å². The van der Waals surface area contributed by atoms with Crippen LogP contribution in [-0.2, 0) is 4.79 Å². The van der Waals surface area contributed by atoms with Gasteiger partial charge in [-0.15, -0.1) is 0 Å². The van der Waals surface area contributed by atoms with Crippen LogP contribution in [0.2, 0.25) is 0 Å². The van der Waals surface area contributed by atoms with E-state index in [0.29, 0.717) is 0 Å². The van der Waals surface area contributed by atoms with E-state index in [0.717, 1.165) is 18.2 Å². The fraction of sp³-hybridized carbons (Fsp3) is 0.200. The van der Waals surface area contributed by atoms with Gasteiger partial charge in [0, 0.05) is 12.6 Å². The lowest BCUT2D eigenvalue weighted by Crippen LogP contribution is -2.26. The molecule has 0 atom stereocenters. The maximum atomic E-state index is 12.6. The van der Waals surface area contributed by atoms with Crippen LogP contribution in [0.25, 0.3) is 0 Å². The predicted molar refractivity (Wildman–Crippen MR) is 52.7 cm³/mol. The fourth-order valence-corrected chi connectivity index (χ4v) is 1.07. The number of benzene rings is 1. The second kappa shape index (κ2) is 5.11. The van der Waals surface area contributed by atoms with Gasteiger partial charge >= 0.3 is 5.97 Å². The van der Waals surface area contributed by atoms with Gasteiger partial charge in [0.2, 0.25) is 0 Å². The van der Waals surface area contributed by atoms with Crippen molar-refractivity contribution >= 4 is 11.9 Å². The van der Waals surface area contributed by atoms with Crippen LogP contribution >= 0.6 is 0 Å². The maximum absolute atomic E-state index is 12.6. The minimum Gasteiger partial charge on any atom is -0.507 e. The standard InChI is InChI=1S/C10H10FNO4/c11-6-1-2-7(8(13)5-6)10(16)12-4-3-9(14)15/h1-2,5,13H,3-4H2,(H,12,16)(H,14,15). The second-order valence-corrected chi connectivity index (χ2v) is 3.06. The van der Waals surface area contributed by atoms with Crippen molar-refractivity contribution in [2.75, 3.05) is 6.54 Å². The second-order valence-electron chi connectivity index (χ2n) is 3.06. The Balaban J connectivity index is 2.63. The topological polar surface area (TPSA) is 86.6 Å². The van der Waals surface area contributed by atoms with Crippen LogP contribution in [0.1, 0.15) is 16.8 Å². The Hall–Kier alpha value is -2.11. The van der Waals surface area contributed by atoms with Crippen molar-refractivity contribution in [3.8, 4) is 5.75 Å². The molecule has 0 saturated heterocycles. The van der Waals surface area contributed by atoms with Crippen molar-refractivity contribution in [3.63, 3.8) is 0 Å². The summed E-state index contributed by atoms with van der Waals surface area (Å²) in [7, 11) is 0. The number of phenols is 1. The Bertz CT molecular complexity index is 419. The highest BCUT2D eigenvalue weighted by molar-refractivity contribution is 5.96. The molecule has 0 aliphatic rings. The number of carbonyl (C=O) groups is 2. The number of amides is 1. The molecule has 1 aromatic rings. The van der Waals surface area contributed by atoms with Crippen LogP contribution in [0.15, 0.2) is 18.2 Å². The van der Waals surface area contributed by atoms with Gasteiger partial charge in [-0.1, -0.05) is 0 Å². The lowest BCUT2D eigenvalue weighted by molar-refractivity contribution is -0.136. The van der Waals surface area contributed by atoms with Gasteiger partial charge in [-0.25, -0.2) is 4.39 Å². The third-order valence-electron chi connectivity index (χ3n) is 1.83.